The molecule has 4 rings (SSSR count). The molecule has 0 saturated heterocycles. The van der Waals surface area contributed by atoms with Crippen molar-refractivity contribution in [3.05, 3.63) is 95.1 Å². The number of carbonyl (C=O) groups is 2. The monoisotopic (exact) mass is 440 g/mol. The van der Waals surface area contributed by atoms with Crippen LogP contribution in [0.5, 0.6) is 0 Å². The number of ketones is 2. The lowest BCUT2D eigenvalue weighted by Crippen LogP contribution is -2.04. The Morgan fingerprint density at radius 3 is 1.27 bits per heavy atom. The summed E-state index contributed by atoms with van der Waals surface area (Å²) in [4.78, 5) is 24.4. The van der Waals surface area contributed by atoms with Gasteiger partial charge in [0.15, 0.2) is 11.6 Å². The van der Waals surface area contributed by atoms with Crippen molar-refractivity contribution in [2.24, 2.45) is 0 Å². The van der Waals surface area contributed by atoms with E-state index >= 15 is 0 Å². The molecular formula is C31H36O2. The third-order valence-electron chi connectivity index (χ3n) is 5.69. The standard InChI is InChI=1S/C27H24O2.2C2H6/c1-18(28)22-16-14-20-8-3-5-10-24(20)26(22)12-7-13-27-23(19(2)29)17-15-21-9-4-6-11-25(21)27;2*1-2/h3-6,8-11,14-17H,7,12-13H2,1-2H3;2*1-2H3. The Bertz CT molecular complexity index is 1140. The minimum Gasteiger partial charge on any atom is -0.295 e. The average molecular weight is 441 g/mol. The Morgan fingerprint density at radius 2 is 0.909 bits per heavy atom. The highest BCUT2D eigenvalue weighted by Gasteiger charge is 2.14. The lowest BCUT2D eigenvalue weighted by atomic mass is 9.90. The van der Waals surface area contributed by atoms with Crippen LogP contribution < -0.4 is 0 Å². The first-order chi connectivity index (χ1) is 16.1. The molecule has 0 amide bonds. The van der Waals surface area contributed by atoms with Crippen LogP contribution in [-0.4, -0.2) is 11.6 Å². The van der Waals surface area contributed by atoms with Crippen LogP contribution in [0.3, 0.4) is 0 Å². The number of hydrogen-bond acceptors (Lipinski definition) is 2. The highest BCUT2D eigenvalue weighted by atomic mass is 16.1. The maximum Gasteiger partial charge on any atom is 0.160 e. The summed E-state index contributed by atoms with van der Waals surface area (Å²) in [6, 6.07) is 24.4. The first-order valence-electron chi connectivity index (χ1n) is 12.1. The second kappa shape index (κ2) is 12.7. The molecule has 0 saturated carbocycles. The molecule has 4 aromatic rings. The minimum absolute atomic E-state index is 0.0975. The second-order valence-corrected chi connectivity index (χ2v) is 7.59. The topological polar surface area (TPSA) is 34.1 Å². The van der Waals surface area contributed by atoms with Gasteiger partial charge in [-0.2, -0.15) is 0 Å². The maximum atomic E-state index is 12.2. The molecule has 0 fully saturated rings. The van der Waals surface area contributed by atoms with E-state index in [-0.39, 0.29) is 11.6 Å². The molecule has 33 heavy (non-hydrogen) atoms. The van der Waals surface area contributed by atoms with Crippen molar-refractivity contribution < 1.29 is 9.59 Å². The van der Waals surface area contributed by atoms with E-state index in [2.05, 4.69) is 24.3 Å². The van der Waals surface area contributed by atoms with Gasteiger partial charge in [-0.3, -0.25) is 9.59 Å². The van der Waals surface area contributed by atoms with Crippen LogP contribution in [0.15, 0.2) is 72.8 Å². The molecule has 4 aromatic carbocycles. The summed E-state index contributed by atoms with van der Waals surface area (Å²) in [7, 11) is 0. The number of carbonyl (C=O) groups excluding carboxylic acids is 2. The molecule has 0 aromatic heterocycles. The van der Waals surface area contributed by atoms with Crippen molar-refractivity contribution in [3.63, 3.8) is 0 Å². The first kappa shape index (κ1) is 26.0. The molecule has 0 atom stereocenters. The van der Waals surface area contributed by atoms with Crippen molar-refractivity contribution in [2.45, 2.75) is 60.8 Å². The van der Waals surface area contributed by atoms with Crippen molar-refractivity contribution in [2.75, 3.05) is 0 Å². The van der Waals surface area contributed by atoms with Gasteiger partial charge in [0.25, 0.3) is 0 Å². The van der Waals surface area contributed by atoms with E-state index in [1.807, 2.05) is 76.2 Å². The molecule has 0 aliphatic heterocycles. The Morgan fingerprint density at radius 1 is 0.545 bits per heavy atom. The Balaban J connectivity index is 0.000000914. The van der Waals surface area contributed by atoms with E-state index in [4.69, 9.17) is 0 Å². The predicted molar refractivity (Wildman–Crippen MR) is 143 cm³/mol. The molecule has 172 valence electrons. The number of Topliss-reactive ketones (excluding diaryl/α,β-unsaturated/α-hetero) is 2. The van der Waals surface area contributed by atoms with E-state index in [1.165, 1.54) is 0 Å². The third kappa shape index (κ3) is 5.96. The van der Waals surface area contributed by atoms with Gasteiger partial charge in [-0.05, 0) is 65.8 Å². The molecule has 0 unspecified atom stereocenters. The highest BCUT2D eigenvalue weighted by molar-refractivity contribution is 6.02. The third-order valence-corrected chi connectivity index (χ3v) is 5.69. The fourth-order valence-electron chi connectivity index (χ4n) is 4.31. The first-order valence-corrected chi connectivity index (χ1v) is 12.1. The zero-order valence-electron chi connectivity index (χ0n) is 20.9. The molecule has 0 aliphatic rings. The van der Waals surface area contributed by atoms with Gasteiger partial charge >= 0.3 is 0 Å². The van der Waals surface area contributed by atoms with Gasteiger partial charge in [0, 0.05) is 11.1 Å². The summed E-state index contributed by atoms with van der Waals surface area (Å²) < 4.78 is 0. The van der Waals surface area contributed by atoms with Crippen LogP contribution in [0.4, 0.5) is 0 Å². The zero-order valence-corrected chi connectivity index (χ0v) is 20.9. The van der Waals surface area contributed by atoms with Crippen LogP contribution in [0, 0.1) is 0 Å². The number of benzene rings is 4. The van der Waals surface area contributed by atoms with Crippen LogP contribution in [-0.2, 0) is 12.8 Å². The molecule has 0 N–H and O–H groups in total. The quantitative estimate of drug-likeness (QED) is 0.281. The Hall–Kier alpha value is -3.26. The Kier molecular flexibility index (Phi) is 10.00. The van der Waals surface area contributed by atoms with Crippen LogP contribution in [0.2, 0.25) is 0 Å². The van der Waals surface area contributed by atoms with Gasteiger partial charge in [-0.15, -0.1) is 0 Å². The normalized spacial score (nSPS) is 10.1. The van der Waals surface area contributed by atoms with Gasteiger partial charge < -0.3 is 0 Å². The summed E-state index contributed by atoms with van der Waals surface area (Å²) in [5, 5.41) is 4.60. The van der Waals surface area contributed by atoms with E-state index in [0.717, 1.165) is 63.1 Å². The molecular weight excluding hydrogens is 404 g/mol. The second-order valence-electron chi connectivity index (χ2n) is 7.59. The largest absolute Gasteiger partial charge is 0.295 e. The molecule has 0 aliphatic carbocycles. The summed E-state index contributed by atoms with van der Waals surface area (Å²) >= 11 is 0. The highest BCUT2D eigenvalue weighted by Crippen LogP contribution is 2.28. The predicted octanol–water partition coefficient (Wildman–Crippen LogP) is 8.63. The van der Waals surface area contributed by atoms with Gasteiger partial charge in [0.1, 0.15) is 0 Å². The molecule has 2 nitrogen and oxygen atoms in total. The molecule has 2 heteroatoms. The van der Waals surface area contributed by atoms with Crippen molar-refractivity contribution in [1.29, 1.82) is 0 Å². The number of hydrogen-bond donors (Lipinski definition) is 0. The minimum atomic E-state index is 0.0975. The zero-order chi connectivity index (χ0) is 24.4. The van der Waals surface area contributed by atoms with Gasteiger partial charge in [-0.1, -0.05) is 100 Å². The van der Waals surface area contributed by atoms with Crippen molar-refractivity contribution in [3.8, 4) is 0 Å². The number of rotatable bonds is 6. The molecule has 0 heterocycles. The van der Waals surface area contributed by atoms with E-state index < -0.39 is 0 Å². The van der Waals surface area contributed by atoms with Crippen LogP contribution in [0.25, 0.3) is 21.5 Å². The van der Waals surface area contributed by atoms with Gasteiger partial charge in [0.05, 0.1) is 0 Å². The summed E-state index contributed by atoms with van der Waals surface area (Å²) in [6.45, 7) is 11.3. The molecule has 0 bridgehead atoms. The summed E-state index contributed by atoms with van der Waals surface area (Å²) in [5.74, 6) is 0.195. The molecule has 0 radical (unpaired) electrons. The summed E-state index contributed by atoms with van der Waals surface area (Å²) in [6.07, 6.45) is 2.48. The van der Waals surface area contributed by atoms with E-state index in [0.29, 0.717) is 0 Å². The van der Waals surface area contributed by atoms with E-state index in [9.17, 15) is 9.59 Å². The van der Waals surface area contributed by atoms with Crippen LogP contribution in [0.1, 0.15) is 79.8 Å². The van der Waals surface area contributed by atoms with E-state index in [1.54, 1.807) is 13.8 Å². The SMILES string of the molecule is CC.CC.CC(=O)c1ccc2ccccc2c1CCCc1c(C(C)=O)ccc2ccccc12. The lowest BCUT2D eigenvalue weighted by molar-refractivity contribution is 0.100. The van der Waals surface area contributed by atoms with Crippen LogP contribution >= 0.6 is 0 Å². The van der Waals surface area contributed by atoms with Crippen molar-refractivity contribution >= 4 is 33.1 Å². The van der Waals surface area contributed by atoms with Gasteiger partial charge in [-0.25, -0.2) is 0 Å². The summed E-state index contributed by atoms with van der Waals surface area (Å²) in [5.41, 5.74) is 3.82. The Labute approximate surface area is 198 Å². The average Bonchev–Trinajstić information content (AvgIpc) is 2.86. The lowest BCUT2D eigenvalue weighted by Gasteiger charge is -2.14. The van der Waals surface area contributed by atoms with Gasteiger partial charge in [0.2, 0.25) is 0 Å². The number of aryl methyl sites for hydroxylation is 2. The maximum absolute atomic E-state index is 12.2. The fraction of sp³-hybridized carbons (Fsp3) is 0.290. The number of fused-ring (bicyclic) bond motifs is 2. The van der Waals surface area contributed by atoms with Crippen molar-refractivity contribution in [1.82, 2.24) is 0 Å². The smallest absolute Gasteiger partial charge is 0.160 e. The fourth-order valence-corrected chi connectivity index (χ4v) is 4.31. The molecule has 0 spiro atoms.